The van der Waals surface area contributed by atoms with E-state index in [1.807, 2.05) is 30.3 Å². The van der Waals surface area contributed by atoms with E-state index in [2.05, 4.69) is 32.4 Å². The summed E-state index contributed by atoms with van der Waals surface area (Å²) in [5.41, 5.74) is 2.86. The molecule has 0 saturated carbocycles. The number of carbonyl (C=O) groups is 1. The summed E-state index contributed by atoms with van der Waals surface area (Å²) in [6.45, 7) is 0.690. The SMILES string of the molecule is O=C(CSc1nc2ncccc2[nH]1)NCCCc1ccccc1. The standard InChI is InChI=1S/C17H18N4OS/c22-15(18-10-4-8-13-6-2-1-3-7-13)12-23-17-20-14-9-5-11-19-16(14)21-17/h1-3,5-7,9,11H,4,8,10,12H2,(H,18,22)(H,19,20,21). The molecule has 2 N–H and O–H groups in total. The molecule has 5 nitrogen and oxygen atoms in total. The number of fused-ring (bicyclic) bond motifs is 1. The van der Waals surface area contributed by atoms with Crippen LogP contribution in [0.15, 0.2) is 53.8 Å². The monoisotopic (exact) mass is 326 g/mol. The summed E-state index contributed by atoms with van der Waals surface area (Å²) in [6.07, 6.45) is 3.62. The number of aryl methyl sites for hydroxylation is 1. The molecule has 2 heterocycles. The summed E-state index contributed by atoms with van der Waals surface area (Å²) < 4.78 is 0. The average molecular weight is 326 g/mol. The number of H-pyrrole nitrogens is 1. The van der Waals surface area contributed by atoms with Crippen LogP contribution in [0.2, 0.25) is 0 Å². The van der Waals surface area contributed by atoms with Gasteiger partial charge in [-0.25, -0.2) is 9.97 Å². The number of carbonyl (C=O) groups excluding carboxylic acids is 1. The third-order valence-electron chi connectivity index (χ3n) is 3.38. The van der Waals surface area contributed by atoms with E-state index in [1.54, 1.807) is 6.20 Å². The molecule has 6 heteroatoms. The lowest BCUT2D eigenvalue weighted by Crippen LogP contribution is -2.26. The molecule has 0 fully saturated rings. The molecule has 0 unspecified atom stereocenters. The van der Waals surface area contributed by atoms with Crippen molar-refractivity contribution >= 4 is 28.8 Å². The van der Waals surface area contributed by atoms with E-state index in [0.717, 1.165) is 23.5 Å². The van der Waals surface area contributed by atoms with Crippen LogP contribution in [0.4, 0.5) is 0 Å². The van der Waals surface area contributed by atoms with Gasteiger partial charge in [-0.05, 0) is 30.5 Å². The lowest BCUT2D eigenvalue weighted by atomic mass is 10.1. The van der Waals surface area contributed by atoms with Gasteiger partial charge in [-0.2, -0.15) is 0 Å². The molecular formula is C17H18N4OS. The number of pyridine rings is 1. The quantitative estimate of drug-likeness (QED) is 0.517. The summed E-state index contributed by atoms with van der Waals surface area (Å²) in [6, 6.07) is 14.1. The molecule has 0 spiro atoms. The summed E-state index contributed by atoms with van der Waals surface area (Å²) >= 11 is 1.39. The Balaban J connectivity index is 1.38. The van der Waals surface area contributed by atoms with Crippen molar-refractivity contribution in [2.75, 3.05) is 12.3 Å². The van der Waals surface area contributed by atoms with Gasteiger partial charge in [0.15, 0.2) is 10.8 Å². The minimum atomic E-state index is 0.0245. The van der Waals surface area contributed by atoms with Crippen LogP contribution < -0.4 is 5.32 Å². The summed E-state index contributed by atoms with van der Waals surface area (Å²) in [4.78, 5) is 23.5. The molecule has 0 aliphatic heterocycles. The molecule has 0 bridgehead atoms. The number of aromatic nitrogens is 3. The van der Waals surface area contributed by atoms with E-state index >= 15 is 0 Å². The Morgan fingerprint density at radius 1 is 1.17 bits per heavy atom. The lowest BCUT2D eigenvalue weighted by molar-refractivity contribution is -0.118. The maximum absolute atomic E-state index is 11.9. The van der Waals surface area contributed by atoms with Gasteiger partial charge in [0.05, 0.1) is 11.3 Å². The Kier molecular flexibility index (Phi) is 5.26. The molecule has 118 valence electrons. The van der Waals surface area contributed by atoms with Gasteiger partial charge in [0.2, 0.25) is 5.91 Å². The molecule has 0 aliphatic rings. The third kappa shape index (κ3) is 4.56. The number of amides is 1. The number of benzene rings is 1. The highest BCUT2D eigenvalue weighted by atomic mass is 32.2. The molecule has 0 saturated heterocycles. The second-order valence-electron chi connectivity index (χ2n) is 5.14. The first kappa shape index (κ1) is 15.6. The van der Waals surface area contributed by atoms with Crippen LogP contribution in [0.25, 0.3) is 11.2 Å². The zero-order valence-corrected chi connectivity index (χ0v) is 13.5. The number of hydrogen-bond acceptors (Lipinski definition) is 4. The molecule has 0 radical (unpaired) electrons. The lowest BCUT2D eigenvalue weighted by Gasteiger charge is -2.04. The molecule has 23 heavy (non-hydrogen) atoms. The number of nitrogens with zero attached hydrogens (tertiary/aromatic N) is 2. The molecule has 0 aliphatic carbocycles. The molecule has 3 rings (SSSR count). The normalized spacial score (nSPS) is 10.8. The number of imidazole rings is 1. The maximum Gasteiger partial charge on any atom is 0.230 e. The molecule has 0 atom stereocenters. The fraction of sp³-hybridized carbons (Fsp3) is 0.235. The molecule has 2 aromatic heterocycles. The van der Waals surface area contributed by atoms with E-state index in [1.165, 1.54) is 17.3 Å². The molecule has 1 aromatic carbocycles. The van der Waals surface area contributed by atoms with Crippen LogP contribution in [0.5, 0.6) is 0 Å². The van der Waals surface area contributed by atoms with E-state index in [4.69, 9.17) is 0 Å². The van der Waals surface area contributed by atoms with Gasteiger partial charge in [-0.1, -0.05) is 42.1 Å². The van der Waals surface area contributed by atoms with E-state index in [9.17, 15) is 4.79 Å². The highest BCUT2D eigenvalue weighted by Crippen LogP contribution is 2.17. The van der Waals surface area contributed by atoms with Crippen molar-refractivity contribution < 1.29 is 4.79 Å². The van der Waals surface area contributed by atoms with Crippen molar-refractivity contribution in [3.8, 4) is 0 Å². The van der Waals surface area contributed by atoms with Crippen molar-refractivity contribution in [1.82, 2.24) is 20.3 Å². The summed E-state index contributed by atoms with van der Waals surface area (Å²) in [5, 5.41) is 3.66. The predicted octanol–water partition coefficient (Wildman–Crippen LogP) is 2.80. The number of hydrogen-bond donors (Lipinski definition) is 2. The first-order valence-corrected chi connectivity index (χ1v) is 8.54. The highest BCUT2D eigenvalue weighted by molar-refractivity contribution is 7.99. The topological polar surface area (TPSA) is 70.7 Å². The van der Waals surface area contributed by atoms with Gasteiger partial charge >= 0.3 is 0 Å². The van der Waals surface area contributed by atoms with Gasteiger partial charge in [0, 0.05) is 12.7 Å². The van der Waals surface area contributed by atoms with Crippen molar-refractivity contribution in [1.29, 1.82) is 0 Å². The third-order valence-corrected chi connectivity index (χ3v) is 4.26. The van der Waals surface area contributed by atoms with Crippen molar-refractivity contribution in [3.05, 3.63) is 54.2 Å². The number of aromatic amines is 1. The second kappa shape index (κ2) is 7.78. The van der Waals surface area contributed by atoms with Crippen LogP contribution in [-0.2, 0) is 11.2 Å². The maximum atomic E-state index is 11.9. The van der Waals surface area contributed by atoms with Crippen LogP contribution in [0, 0.1) is 0 Å². The largest absolute Gasteiger partial charge is 0.355 e. The minimum Gasteiger partial charge on any atom is -0.355 e. The Bertz CT molecular complexity index is 739. The Morgan fingerprint density at radius 3 is 2.87 bits per heavy atom. The van der Waals surface area contributed by atoms with Gasteiger partial charge in [0.1, 0.15) is 0 Å². The Labute approximate surface area is 138 Å². The molecule has 1 amide bonds. The fourth-order valence-corrected chi connectivity index (χ4v) is 2.94. The minimum absolute atomic E-state index is 0.0245. The smallest absolute Gasteiger partial charge is 0.230 e. The number of nitrogens with one attached hydrogen (secondary N) is 2. The van der Waals surface area contributed by atoms with E-state index in [0.29, 0.717) is 17.9 Å². The molecular weight excluding hydrogens is 308 g/mol. The van der Waals surface area contributed by atoms with Crippen molar-refractivity contribution in [3.63, 3.8) is 0 Å². The van der Waals surface area contributed by atoms with Crippen molar-refractivity contribution in [2.45, 2.75) is 18.0 Å². The van der Waals surface area contributed by atoms with Crippen LogP contribution in [0.3, 0.4) is 0 Å². The van der Waals surface area contributed by atoms with E-state index in [-0.39, 0.29) is 5.91 Å². The van der Waals surface area contributed by atoms with Gasteiger partial charge in [0.25, 0.3) is 0 Å². The fourth-order valence-electron chi connectivity index (χ4n) is 2.24. The van der Waals surface area contributed by atoms with E-state index < -0.39 is 0 Å². The Morgan fingerprint density at radius 2 is 2.04 bits per heavy atom. The first-order chi connectivity index (χ1) is 11.3. The second-order valence-corrected chi connectivity index (χ2v) is 6.11. The van der Waals surface area contributed by atoms with Gasteiger partial charge in [-0.3, -0.25) is 4.79 Å². The predicted molar refractivity (Wildman–Crippen MR) is 92.4 cm³/mol. The Hall–Kier alpha value is -2.34. The summed E-state index contributed by atoms with van der Waals surface area (Å²) in [7, 11) is 0. The number of thioether (sulfide) groups is 1. The molecule has 3 aromatic rings. The van der Waals surface area contributed by atoms with Crippen molar-refractivity contribution in [2.24, 2.45) is 0 Å². The summed E-state index contributed by atoms with van der Waals surface area (Å²) in [5.74, 6) is 0.377. The first-order valence-electron chi connectivity index (χ1n) is 7.55. The highest BCUT2D eigenvalue weighted by Gasteiger charge is 2.07. The zero-order valence-electron chi connectivity index (χ0n) is 12.7. The van der Waals surface area contributed by atoms with Crippen LogP contribution >= 0.6 is 11.8 Å². The van der Waals surface area contributed by atoms with Crippen LogP contribution in [-0.4, -0.2) is 33.2 Å². The van der Waals surface area contributed by atoms with Gasteiger partial charge < -0.3 is 10.3 Å². The van der Waals surface area contributed by atoms with Crippen LogP contribution in [0.1, 0.15) is 12.0 Å². The number of rotatable bonds is 7. The zero-order chi connectivity index (χ0) is 15.9. The average Bonchev–Trinajstić information content (AvgIpc) is 3.01. The van der Waals surface area contributed by atoms with Gasteiger partial charge in [-0.15, -0.1) is 0 Å².